The Balaban J connectivity index is 1.89. The number of hydrogen-bond acceptors (Lipinski definition) is 4. The maximum Gasteiger partial charge on any atom is 0.494 e. The van der Waals surface area contributed by atoms with E-state index in [1.165, 1.54) is 0 Å². The quantitative estimate of drug-likeness (QED) is 0.794. The van der Waals surface area contributed by atoms with Crippen molar-refractivity contribution in [3.8, 4) is 5.69 Å². The van der Waals surface area contributed by atoms with Crippen LogP contribution in [0.3, 0.4) is 0 Å². The van der Waals surface area contributed by atoms with Gasteiger partial charge in [0, 0.05) is 18.1 Å². The summed E-state index contributed by atoms with van der Waals surface area (Å²) in [5.74, 6) is 0. The minimum Gasteiger partial charge on any atom is -0.399 e. The number of aryl methyl sites for hydroxylation is 1. The zero-order chi connectivity index (χ0) is 16.8. The Hall–Kier alpha value is -1.92. The van der Waals surface area contributed by atoms with Gasteiger partial charge in [0.05, 0.1) is 11.2 Å². The molecule has 1 aliphatic rings. The molecule has 0 aliphatic carbocycles. The van der Waals surface area contributed by atoms with E-state index in [0.29, 0.717) is 5.69 Å². The first kappa shape index (κ1) is 16.0. The van der Waals surface area contributed by atoms with Crippen LogP contribution in [0.2, 0.25) is 0 Å². The molecule has 0 N–H and O–H groups in total. The first-order chi connectivity index (χ1) is 10.7. The van der Waals surface area contributed by atoms with Crippen LogP contribution in [0.5, 0.6) is 0 Å². The Labute approximate surface area is 136 Å². The maximum absolute atomic E-state index is 12.1. The van der Waals surface area contributed by atoms with Crippen molar-refractivity contribution >= 4 is 12.6 Å². The Morgan fingerprint density at radius 2 is 1.61 bits per heavy atom. The van der Waals surface area contributed by atoms with Crippen LogP contribution in [0.1, 0.15) is 33.4 Å². The standard InChI is InChI=1S/C17H21BN2O3/c1-12-15(21)20(11-10-19-12)14-8-6-13(7-9-14)18-22-16(2,3)17(4,5)23-18/h6-11H,1-5H3. The van der Waals surface area contributed by atoms with Gasteiger partial charge in [-0.15, -0.1) is 0 Å². The fourth-order valence-electron chi connectivity index (χ4n) is 2.48. The van der Waals surface area contributed by atoms with Crippen LogP contribution in [-0.4, -0.2) is 27.9 Å². The predicted octanol–water partition coefficient (Wildman–Crippen LogP) is 1.84. The van der Waals surface area contributed by atoms with E-state index in [0.717, 1.165) is 11.2 Å². The highest BCUT2D eigenvalue weighted by atomic mass is 16.7. The number of nitrogens with zero attached hydrogens (tertiary/aromatic N) is 2. The Bertz CT molecular complexity index is 765. The zero-order valence-corrected chi connectivity index (χ0v) is 14.2. The lowest BCUT2D eigenvalue weighted by Crippen LogP contribution is -2.41. The van der Waals surface area contributed by atoms with Crippen LogP contribution in [0.4, 0.5) is 0 Å². The van der Waals surface area contributed by atoms with Crippen molar-refractivity contribution in [2.75, 3.05) is 0 Å². The molecule has 1 aromatic carbocycles. The molecule has 5 nitrogen and oxygen atoms in total. The molecule has 1 aliphatic heterocycles. The predicted molar refractivity (Wildman–Crippen MR) is 90.3 cm³/mol. The van der Waals surface area contributed by atoms with Gasteiger partial charge in [0.25, 0.3) is 5.56 Å². The smallest absolute Gasteiger partial charge is 0.399 e. The molecule has 0 bridgehead atoms. The Morgan fingerprint density at radius 3 is 2.17 bits per heavy atom. The van der Waals surface area contributed by atoms with Gasteiger partial charge < -0.3 is 9.31 Å². The summed E-state index contributed by atoms with van der Waals surface area (Å²) in [6.07, 6.45) is 3.29. The fraction of sp³-hybridized carbons (Fsp3) is 0.412. The molecule has 1 fully saturated rings. The van der Waals surface area contributed by atoms with Crippen molar-refractivity contribution in [2.45, 2.75) is 45.8 Å². The lowest BCUT2D eigenvalue weighted by atomic mass is 9.79. The van der Waals surface area contributed by atoms with Crippen LogP contribution in [0.25, 0.3) is 5.69 Å². The summed E-state index contributed by atoms with van der Waals surface area (Å²) in [5.41, 5.74) is 1.36. The third-order valence-electron chi connectivity index (χ3n) is 4.71. The van der Waals surface area contributed by atoms with Gasteiger partial charge in [0.15, 0.2) is 0 Å². The first-order valence-corrected chi connectivity index (χ1v) is 7.71. The highest BCUT2D eigenvalue weighted by molar-refractivity contribution is 6.62. The lowest BCUT2D eigenvalue weighted by Gasteiger charge is -2.32. The summed E-state index contributed by atoms with van der Waals surface area (Å²) < 4.78 is 13.7. The highest BCUT2D eigenvalue weighted by Crippen LogP contribution is 2.36. The molecule has 23 heavy (non-hydrogen) atoms. The van der Waals surface area contributed by atoms with Crippen molar-refractivity contribution < 1.29 is 9.31 Å². The van der Waals surface area contributed by atoms with Crippen molar-refractivity contribution in [3.05, 3.63) is 52.7 Å². The highest BCUT2D eigenvalue weighted by Gasteiger charge is 2.51. The van der Waals surface area contributed by atoms with E-state index in [2.05, 4.69) is 4.98 Å². The first-order valence-electron chi connectivity index (χ1n) is 7.71. The molecule has 0 amide bonds. The number of rotatable bonds is 2. The molecule has 0 spiro atoms. The Morgan fingerprint density at radius 1 is 1.04 bits per heavy atom. The second-order valence-corrected chi connectivity index (χ2v) is 6.87. The molecule has 1 saturated heterocycles. The minimum atomic E-state index is -0.398. The van der Waals surface area contributed by atoms with Crippen LogP contribution in [-0.2, 0) is 9.31 Å². The molecular formula is C17H21BN2O3. The summed E-state index contributed by atoms with van der Waals surface area (Å²) in [5, 5.41) is 0. The SMILES string of the molecule is Cc1nccn(-c2ccc(B3OC(C)(C)C(C)(C)O3)cc2)c1=O. The van der Waals surface area contributed by atoms with E-state index < -0.39 is 7.12 Å². The molecule has 0 atom stereocenters. The van der Waals surface area contributed by atoms with E-state index in [1.807, 2.05) is 52.0 Å². The van der Waals surface area contributed by atoms with Gasteiger partial charge in [0.1, 0.15) is 5.69 Å². The van der Waals surface area contributed by atoms with Gasteiger partial charge in [0.2, 0.25) is 0 Å². The molecule has 2 aromatic rings. The average Bonchev–Trinajstić information content (AvgIpc) is 2.71. The zero-order valence-electron chi connectivity index (χ0n) is 14.2. The summed E-state index contributed by atoms with van der Waals surface area (Å²) in [7, 11) is -0.398. The van der Waals surface area contributed by atoms with E-state index in [4.69, 9.17) is 9.31 Å². The normalized spacial score (nSPS) is 19.1. The van der Waals surface area contributed by atoms with Gasteiger partial charge in [-0.1, -0.05) is 12.1 Å². The van der Waals surface area contributed by atoms with Crippen molar-refractivity contribution in [1.82, 2.24) is 9.55 Å². The van der Waals surface area contributed by atoms with Gasteiger partial charge in [-0.05, 0) is 52.2 Å². The topological polar surface area (TPSA) is 53.4 Å². The fourth-order valence-corrected chi connectivity index (χ4v) is 2.48. The third kappa shape index (κ3) is 2.73. The molecule has 1 aromatic heterocycles. The Kier molecular flexibility index (Phi) is 3.69. The maximum atomic E-state index is 12.1. The van der Waals surface area contributed by atoms with Crippen LogP contribution in [0.15, 0.2) is 41.5 Å². The molecule has 2 heterocycles. The van der Waals surface area contributed by atoms with Crippen LogP contribution >= 0.6 is 0 Å². The summed E-state index contributed by atoms with van der Waals surface area (Å²) in [6, 6.07) is 7.64. The monoisotopic (exact) mass is 312 g/mol. The molecule has 0 unspecified atom stereocenters. The second-order valence-electron chi connectivity index (χ2n) is 6.87. The number of aromatic nitrogens is 2. The van der Waals surface area contributed by atoms with E-state index in [-0.39, 0.29) is 16.8 Å². The molecule has 6 heteroatoms. The molecular weight excluding hydrogens is 291 g/mol. The van der Waals surface area contributed by atoms with Crippen molar-refractivity contribution in [2.24, 2.45) is 0 Å². The summed E-state index contributed by atoms with van der Waals surface area (Å²) in [6.45, 7) is 9.82. The van der Waals surface area contributed by atoms with Crippen molar-refractivity contribution in [1.29, 1.82) is 0 Å². The molecule has 3 rings (SSSR count). The van der Waals surface area contributed by atoms with Gasteiger partial charge in [-0.25, -0.2) is 0 Å². The van der Waals surface area contributed by atoms with Crippen molar-refractivity contribution in [3.63, 3.8) is 0 Å². The third-order valence-corrected chi connectivity index (χ3v) is 4.71. The largest absolute Gasteiger partial charge is 0.494 e. The van der Waals surface area contributed by atoms with E-state index in [9.17, 15) is 4.79 Å². The van der Waals surface area contributed by atoms with Gasteiger partial charge in [-0.3, -0.25) is 14.3 Å². The second kappa shape index (κ2) is 5.32. The average molecular weight is 312 g/mol. The summed E-state index contributed by atoms with van der Waals surface area (Å²) >= 11 is 0. The van der Waals surface area contributed by atoms with E-state index in [1.54, 1.807) is 23.9 Å². The minimum absolute atomic E-state index is 0.115. The number of hydrogen-bond donors (Lipinski definition) is 0. The molecule has 120 valence electrons. The number of benzene rings is 1. The van der Waals surface area contributed by atoms with Crippen LogP contribution in [0, 0.1) is 6.92 Å². The van der Waals surface area contributed by atoms with Gasteiger partial charge in [-0.2, -0.15) is 0 Å². The molecule has 0 radical (unpaired) electrons. The van der Waals surface area contributed by atoms with Crippen LogP contribution < -0.4 is 11.0 Å². The molecule has 0 saturated carbocycles. The van der Waals surface area contributed by atoms with Gasteiger partial charge >= 0.3 is 7.12 Å². The van der Waals surface area contributed by atoms with E-state index >= 15 is 0 Å². The summed E-state index contributed by atoms with van der Waals surface area (Å²) in [4.78, 5) is 16.1. The lowest BCUT2D eigenvalue weighted by molar-refractivity contribution is 0.00578.